The number of nitrogens with one attached hydrogen (secondary N) is 1. The molecule has 8 heteroatoms. The van der Waals surface area contributed by atoms with Crippen molar-refractivity contribution in [1.29, 1.82) is 0 Å². The first kappa shape index (κ1) is 14.9. The first-order valence-corrected chi connectivity index (χ1v) is 7.97. The fourth-order valence-corrected chi connectivity index (χ4v) is 2.83. The number of nitrogens with zero attached hydrogens (tertiary/aromatic N) is 3. The molecule has 0 bridgehead atoms. The smallest absolute Gasteiger partial charge is 0.350 e. The van der Waals surface area contributed by atoms with Crippen LogP contribution in [0.1, 0.15) is 0 Å². The van der Waals surface area contributed by atoms with Gasteiger partial charge in [-0.05, 0) is 12.1 Å². The fourth-order valence-electron chi connectivity index (χ4n) is 2.61. The number of aromatic nitrogens is 3. The number of hydrogen-bond acceptors (Lipinski definition) is 5. The number of anilines is 1. The van der Waals surface area contributed by atoms with Crippen LogP contribution in [0.3, 0.4) is 0 Å². The van der Waals surface area contributed by atoms with Gasteiger partial charge < -0.3 is 14.8 Å². The third kappa shape index (κ3) is 2.67. The molecule has 1 aromatic carbocycles. The molecule has 7 nitrogen and oxygen atoms in total. The van der Waals surface area contributed by atoms with Gasteiger partial charge in [-0.2, -0.15) is 0 Å². The summed E-state index contributed by atoms with van der Waals surface area (Å²) in [6, 6.07) is 8.98. The van der Waals surface area contributed by atoms with E-state index in [0.29, 0.717) is 48.5 Å². The number of benzene rings is 1. The first-order chi connectivity index (χ1) is 11.7. The van der Waals surface area contributed by atoms with E-state index in [9.17, 15) is 4.79 Å². The summed E-state index contributed by atoms with van der Waals surface area (Å²) in [6.07, 6.45) is 1.70. The highest BCUT2D eigenvalue weighted by Gasteiger charge is 2.15. The van der Waals surface area contributed by atoms with Crippen LogP contribution in [0.15, 0.2) is 41.3 Å². The van der Waals surface area contributed by atoms with Gasteiger partial charge in [0.25, 0.3) is 0 Å². The minimum Gasteiger partial charge on any atom is -0.486 e. The number of ether oxygens (including phenoxy) is 2. The molecule has 24 heavy (non-hydrogen) atoms. The third-order valence-electron chi connectivity index (χ3n) is 3.76. The summed E-state index contributed by atoms with van der Waals surface area (Å²) in [4.78, 5) is 12.2. The van der Waals surface area contributed by atoms with E-state index < -0.39 is 0 Å². The van der Waals surface area contributed by atoms with Gasteiger partial charge in [-0.15, -0.1) is 5.10 Å². The molecular weight excluding hydrogens is 332 g/mol. The lowest BCUT2D eigenvalue weighted by molar-refractivity contribution is 0.171. The summed E-state index contributed by atoms with van der Waals surface area (Å²) in [6.45, 7) is 1.96. The van der Waals surface area contributed by atoms with Gasteiger partial charge in [0.05, 0.1) is 17.3 Å². The van der Waals surface area contributed by atoms with Crippen LogP contribution < -0.4 is 20.5 Å². The van der Waals surface area contributed by atoms with E-state index in [4.69, 9.17) is 21.1 Å². The molecule has 0 amide bonds. The van der Waals surface area contributed by atoms with E-state index >= 15 is 0 Å². The molecule has 124 valence electrons. The Morgan fingerprint density at radius 3 is 2.79 bits per heavy atom. The lowest BCUT2D eigenvalue weighted by atomic mass is 10.2. The minimum atomic E-state index is -0.166. The quantitative estimate of drug-likeness (QED) is 0.782. The van der Waals surface area contributed by atoms with Gasteiger partial charge in [-0.3, -0.25) is 4.40 Å². The normalized spacial score (nSPS) is 13.2. The maximum atomic E-state index is 12.2. The van der Waals surface area contributed by atoms with Gasteiger partial charge in [0.1, 0.15) is 13.2 Å². The molecule has 0 spiro atoms. The highest BCUT2D eigenvalue weighted by atomic mass is 35.5. The Labute approximate surface area is 142 Å². The maximum absolute atomic E-state index is 12.2. The molecule has 0 radical (unpaired) electrons. The Bertz CT molecular complexity index is 950. The summed E-state index contributed by atoms with van der Waals surface area (Å²) in [5.41, 5.74) is 1.19. The predicted molar refractivity (Wildman–Crippen MR) is 90.4 cm³/mol. The Kier molecular flexibility index (Phi) is 3.78. The molecule has 3 heterocycles. The Balaban J connectivity index is 1.49. The molecule has 0 atom stereocenters. The van der Waals surface area contributed by atoms with E-state index in [2.05, 4.69) is 10.4 Å². The largest absolute Gasteiger partial charge is 0.486 e. The van der Waals surface area contributed by atoms with Crippen LogP contribution in [-0.2, 0) is 6.54 Å². The highest BCUT2D eigenvalue weighted by Crippen LogP contribution is 2.37. The maximum Gasteiger partial charge on any atom is 0.350 e. The monoisotopic (exact) mass is 346 g/mol. The Hall–Kier alpha value is -2.67. The minimum absolute atomic E-state index is 0.166. The van der Waals surface area contributed by atoms with Crippen LogP contribution >= 0.6 is 11.6 Å². The van der Waals surface area contributed by atoms with Crippen molar-refractivity contribution < 1.29 is 9.47 Å². The summed E-state index contributed by atoms with van der Waals surface area (Å²) in [5.74, 6) is 1.31. The molecule has 4 rings (SSSR count). The molecule has 1 aliphatic heterocycles. The molecule has 3 aromatic rings. The van der Waals surface area contributed by atoms with Gasteiger partial charge in [-0.1, -0.05) is 17.7 Å². The summed E-state index contributed by atoms with van der Waals surface area (Å²) >= 11 is 6.25. The second-order valence-corrected chi connectivity index (χ2v) is 5.74. The fraction of sp³-hybridized carbons (Fsp3) is 0.250. The Morgan fingerprint density at radius 1 is 1.21 bits per heavy atom. The van der Waals surface area contributed by atoms with E-state index in [-0.39, 0.29) is 5.69 Å². The van der Waals surface area contributed by atoms with Crippen molar-refractivity contribution in [3.8, 4) is 11.5 Å². The molecule has 0 saturated carbocycles. The second-order valence-electron chi connectivity index (χ2n) is 5.34. The van der Waals surface area contributed by atoms with Crippen LogP contribution in [0.25, 0.3) is 5.65 Å². The van der Waals surface area contributed by atoms with E-state index in [1.54, 1.807) is 24.4 Å². The van der Waals surface area contributed by atoms with Gasteiger partial charge in [0.2, 0.25) is 0 Å². The molecule has 2 aromatic heterocycles. The number of pyridine rings is 1. The van der Waals surface area contributed by atoms with Crippen molar-refractivity contribution in [2.24, 2.45) is 0 Å². The molecule has 0 saturated heterocycles. The lowest BCUT2D eigenvalue weighted by Gasteiger charge is -2.20. The van der Waals surface area contributed by atoms with Crippen molar-refractivity contribution in [3.05, 3.63) is 52.0 Å². The molecule has 0 aliphatic carbocycles. The second kappa shape index (κ2) is 6.09. The van der Waals surface area contributed by atoms with Gasteiger partial charge in [-0.25, -0.2) is 9.48 Å². The van der Waals surface area contributed by atoms with Crippen LogP contribution in [0.4, 0.5) is 5.69 Å². The zero-order valence-corrected chi connectivity index (χ0v) is 13.5. The van der Waals surface area contributed by atoms with E-state index in [1.165, 1.54) is 9.08 Å². The van der Waals surface area contributed by atoms with E-state index in [1.807, 2.05) is 12.1 Å². The van der Waals surface area contributed by atoms with Crippen molar-refractivity contribution in [3.63, 3.8) is 0 Å². The zero-order chi connectivity index (χ0) is 16.5. The van der Waals surface area contributed by atoms with Crippen LogP contribution in [-0.4, -0.2) is 33.9 Å². The molecular formula is C16H15ClN4O3. The van der Waals surface area contributed by atoms with Crippen LogP contribution in [0.2, 0.25) is 5.02 Å². The molecule has 1 aliphatic rings. The van der Waals surface area contributed by atoms with Crippen molar-refractivity contribution in [1.82, 2.24) is 14.2 Å². The number of rotatable bonds is 4. The summed E-state index contributed by atoms with van der Waals surface area (Å²) in [7, 11) is 0. The summed E-state index contributed by atoms with van der Waals surface area (Å²) in [5, 5.41) is 8.04. The summed E-state index contributed by atoms with van der Waals surface area (Å²) < 4.78 is 14.0. The number of hydrogen-bond donors (Lipinski definition) is 1. The number of halogens is 1. The van der Waals surface area contributed by atoms with Gasteiger partial charge >= 0.3 is 5.69 Å². The standard InChI is InChI=1S/C16H15ClN4O3/c17-11-9-13-14(24-8-7-23-13)10-12(11)18-4-6-21-16(22)20-5-2-1-3-15(20)19-21/h1-3,5,9-10,18H,4,6-8H2. The highest BCUT2D eigenvalue weighted by molar-refractivity contribution is 6.33. The van der Waals surface area contributed by atoms with Gasteiger partial charge in [0.15, 0.2) is 17.1 Å². The predicted octanol–water partition coefficient (Wildman–Crippen LogP) is 2.03. The van der Waals surface area contributed by atoms with E-state index in [0.717, 1.165) is 5.69 Å². The van der Waals surface area contributed by atoms with Crippen molar-refractivity contribution >= 4 is 22.9 Å². The first-order valence-electron chi connectivity index (χ1n) is 7.59. The SMILES string of the molecule is O=c1n(CCNc2cc3c(cc2Cl)OCCO3)nc2ccccn12. The van der Waals surface area contributed by atoms with Crippen molar-refractivity contribution in [2.45, 2.75) is 6.54 Å². The van der Waals surface area contributed by atoms with Crippen LogP contribution in [0, 0.1) is 0 Å². The van der Waals surface area contributed by atoms with Gasteiger partial charge in [0, 0.05) is 24.9 Å². The topological polar surface area (TPSA) is 69.8 Å². The molecule has 1 N–H and O–H groups in total. The Morgan fingerprint density at radius 2 is 2.00 bits per heavy atom. The molecule has 0 unspecified atom stereocenters. The average Bonchev–Trinajstić information content (AvgIpc) is 2.92. The molecule has 0 fully saturated rings. The average molecular weight is 347 g/mol. The third-order valence-corrected chi connectivity index (χ3v) is 4.07. The zero-order valence-electron chi connectivity index (χ0n) is 12.7. The van der Waals surface area contributed by atoms with Crippen LogP contribution in [0.5, 0.6) is 11.5 Å². The van der Waals surface area contributed by atoms with Crippen molar-refractivity contribution in [2.75, 3.05) is 25.1 Å². The number of fused-ring (bicyclic) bond motifs is 2. The lowest BCUT2D eigenvalue weighted by Crippen LogP contribution is -2.24.